The number of rotatable bonds is 4. The molecule has 0 atom stereocenters. The lowest BCUT2D eigenvalue weighted by Gasteiger charge is -2.29. The third-order valence-corrected chi connectivity index (χ3v) is 6.05. The van der Waals surface area contributed by atoms with Crippen molar-refractivity contribution in [2.24, 2.45) is 0 Å². The minimum absolute atomic E-state index is 0.114. The number of amides is 2. The van der Waals surface area contributed by atoms with E-state index < -0.39 is 21.5 Å². The Hall–Kier alpha value is -2.37. The van der Waals surface area contributed by atoms with Gasteiger partial charge in [0, 0.05) is 23.4 Å². The average molecular weight is 487 g/mol. The van der Waals surface area contributed by atoms with E-state index in [2.05, 4.69) is 15.0 Å². The number of hydrogen-bond acceptors (Lipinski definition) is 7. The minimum Gasteiger partial charge on any atom is -0.444 e. The molecule has 1 aliphatic rings. The van der Waals surface area contributed by atoms with Crippen LogP contribution >= 0.6 is 22.9 Å². The summed E-state index contributed by atoms with van der Waals surface area (Å²) in [4.78, 5) is 31.9. The van der Waals surface area contributed by atoms with Gasteiger partial charge in [0.05, 0.1) is 29.2 Å². The Morgan fingerprint density at radius 3 is 2.65 bits per heavy atom. The summed E-state index contributed by atoms with van der Waals surface area (Å²) in [6.45, 7) is 6.29. The number of fused-ring (bicyclic) bond motifs is 1. The number of ether oxygens (including phenoxy) is 1. The lowest BCUT2D eigenvalue weighted by molar-refractivity contribution is 0.0225. The summed E-state index contributed by atoms with van der Waals surface area (Å²) in [7, 11) is -3.55. The van der Waals surface area contributed by atoms with Crippen molar-refractivity contribution in [2.75, 3.05) is 22.8 Å². The summed E-state index contributed by atoms with van der Waals surface area (Å²) in [5.74, 6) is -0.455. The maximum atomic E-state index is 12.6. The predicted octanol–water partition coefficient (Wildman–Crippen LogP) is 3.71. The van der Waals surface area contributed by atoms with Gasteiger partial charge in [-0.15, -0.1) is 0 Å². The number of benzene rings is 1. The Kier molecular flexibility index (Phi) is 6.49. The molecule has 0 radical (unpaired) electrons. The Balaban J connectivity index is 1.71. The molecule has 9 nitrogen and oxygen atoms in total. The lowest BCUT2D eigenvalue weighted by Crippen LogP contribution is -2.39. The number of carbonyl (C=O) groups excluding carboxylic acids is 2. The van der Waals surface area contributed by atoms with E-state index in [1.807, 2.05) is 20.8 Å². The summed E-state index contributed by atoms with van der Waals surface area (Å²) in [6.07, 6.45) is 1.17. The van der Waals surface area contributed by atoms with Gasteiger partial charge in [-0.2, -0.15) is 0 Å². The van der Waals surface area contributed by atoms with Crippen molar-refractivity contribution in [2.45, 2.75) is 39.3 Å². The van der Waals surface area contributed by atoms with Crippen LogP contribution in [0.4, 0.5) is 15.6 Å². The van der Waals surface area contributed by atoms with E-state index in [0.29, 0.717) is 24.6 Å². The first-order valence-corrected chi connectivity index (χ1v) is 12.4. The highest BCUT2D eigenvalue weighted by Gasteiger charge is 2.28. The molecule has 3 rings (SSSR count). The van der Waals surface area contributed by atoms with E-state index in [9.17, 15) is 18.0 Å². The third-order valence-electron chi connectivity index (χ3n) is 4.13. The van der Waals surface area contributed by atoms with Crippen molar-refractivity contribution >= 4 is 55.8 Å². The Morgan fingerprint density at radius 1 is 1.29 bits per heavy atom. The number of carbonyl (C=O) groups is 2. The SMILES string of the molecule is CC(C)(C)OC(=O)N1CCc2nc(NC(=O)c3ccc(Cl)c(NS(C)(=O)=O)c3)sc2C1. The van der Waals surface area contributed by atoms with Crippen LogP contribution in [0.2, 0.25) is 5.02 Å². The largest absolute Gasteiger partial charge is 0.444 e. The van der Waals surface area contributed by atoms with E-state index in [4.69, 9.17) is 16.3 Å². The monoisotopic (exact) mass is 486 g/mol. The van der Waals surface area contributed by atoms with Crippen LogP contribution in [0.1, 0.15) is 41.7 Å². The standard InChI is InChI=1S/C19H23ClN4O5S2/c1-19(2,3)29-18(26)24-8-7-13-15(10-24)30-17(21-13)22-16(25)11-5-6-12(20)14(9-11)23-31(4,27)28/h5-6,9,23H,7-8,10H2,1-4H3,(H,21,22,25). The van der Waals surface area contributed by atoms with E-state index in [1.165, 1.54) is 29.5 Å². The molecule has 0 spiro atoms. The number of hydrogen-bond donors (Lipinski definition) is 2. The van der Waals surface area contributed by atoms with E-state index in [1.54, 1.807) is 4.90 Å². The molecule has 12 heteroatoms. The summed E-state index contributed by atoms with van der Waals surface area (Å²) < 4.78 is 30.6. The molecule has 2 N–H and O–H groups in total. The van der Waals surface area contributed by atoms with Gasteiger partial charge in [-0.3, -0.25) is 14.8 Å². The predicted molar refractivity (Wildman–Crippen MR) is 120 cm³/mol. The van der Waals surface area contributed by atoms with Crippen molar-refractivity contribution in [3.8, 4) is 0 Å². The van der Waals surface area contributed by atoms with Gasteiger partial charge in [-0.1, -0.05) is 22.9 Å². The molecule has 168 valence electrons. The molecule has 2 amide bonds. The van der Waals surface area contributed by atoms with Gasteiger partial charge in [0.25, 0.3) is 5.91 Å². The van der Waals surface area contributed by atoms with Gasteiger partial charge in [-0.25, -0.2) is 18.2 Å². The fourth-order valence-corrected chi connectivity index (χ4v) is 4.65. The van der Waals surface area contributed by atoms with Crippen molar-refractivity contribution in [1.29, 1.82) is 0 Å². The molecule has 1 aromatic heterocycles. The van der Waals surface area contributed by atoms with Gasteiger partial charge >= 0.3 is 6.09 Å². The van der Waals surface area contributed by atoms with E-state index >= 15 is 0 Å². The molecule has 2 aromatic rings. The number of thiazole rings is 1. The van der Waals surface area contributed by atoms with Crippen LogP contribution < -0.4 is 10.0 Å². The summed E-state index contributed by atoms with van der Waals surface area (Å²) in [5.41, 5.74) is 0.589. The van der Waals surface area contributed by atoms with Crippen LogP contribution in [0.3, 0.4) is 0 Å². The van der Waals surface area contributed by atoms with Gasteiger partial charge in [0.2, 0.25) is 10.0 Å². The van der Waals surface area contributed by atoms with Gasteiger partial charge in [0.1, 0.15) is 5.60 Å². The maximum Gasteiger partial charge on any atom is 0.410 e. The second-order valence-electron chi connectivity index (χ2n) is 8.06. The second kappa shape index (κ2) is 8.64. The summed E-state index contributed by atoms with van der Waals surface area (Å²) >= 11 is 7.29. The molecule has 0 bridgehead atoms. The van der Waals surface area contributed by atoms with Crippen molar-refractivity contribution in [1.82, 2.24) is 9.88 Å². The number of aromatic nitrogens is 1. The number of anilines is 2. The molecular formula is C19H23ClN4O5S2. The third kappa shape index (κ3) is 6.31. The smallest absolute Gasteiger partial charge is 0.410 e. The van der Waals surface area contributed by atoms with Gasteiger partial charge in [-0.05, 0) is 39.0 Å². The van der Waals surface area contributed by atoms with Crippen molar-refractivity contribution < 1.29 is 22.7 Å². The fraction of sp³-hybridized carbons (Fsp3) is 0.421. The molecule has 0 saturated heterocycles. The number of sulfonamides is 1. The molecule has 31 heavy (non-hydrogen) atoms. The zero-order valence-electron chi connectivity index (χ0n) is 17.5. The Bertz CT molecular complexity index is 1120. The van der Waals surface area contributed by atoms with Gasteiger partial charge < -0.3 is 9.64 Å². The molecular weight excluding hydrogens is 464 g/mol. The first-order valence-electron chi connectivity index (χ1n) is 9.36. The second-order valence-corrected chi connectivity index (χ2v) is 11.3. The zero-order valence-corrected chi connectivity index (χ0v) is 19.9. The first-order chi connectivity index (χ1) is 14.3. The number of halogens is 1. The Labute approximate surface area is 189 Å². The van der Waals surface area contributed by atoms with Crippen LogP contribution in [0.15, 0.2) is 18.2 Å². The van der Waals surface area contributed by atoms with Crippen LogP contribution in [0.25, 0.3) is 0 Å². The number of nitrogens with zero attached hydrogens (tertiary/aromatic N) is 2. The fourth-order valence-electron chi connectivity index (χ4n) is 2.85. The zero-order chi connectivity index (χ0) is 23.0. The highest BCUT2D eigenvalue weighted by atomic mass is 35.5. The van der Waals surface area contributed by atoms with Crippen LogP contribution in [0.5, 0.6) is 0 Å². The van der Waals surface area contributed by atoms with Crippen LogP contribution in [0, 0.1) is 0 Å². The molecule has 0 aliphatic carbocycles. The average Bonchev–Trinajstić information content (AvgIpc) is 3.02. The maximum absolute atomic E-state index is 12.6. The van der Waals surface area contributed by atoms with E-state index in [0.717, 1.165) is 16.8 Å². The molecule has 1 aliphatic heterocycles. The molecule has 0 fully saturated rings. The van der Waals surface area contributed by atoms with Crippen molar-refractivity contribution in [3.63, 3.8) is 0 Å². The molecule has 2 heterocycles. The number of nitrogens with one attached hydrogen (secondary N) is 2. The summed E-state index contributed by atoms with van der Waals surface area (Å²) in [5, 5.41) is 3.29. The molecule has 0 unspecified atom stereocenters. The van der Waals surface area contributed by atoms with Crippen LogP contribution in [-0.2, 0) is 27.7 Å². The van der Waals surface area contributed by atoms with Crippen LogP contribution in [-0.4, -0.2) is 48.7 Å². The van der Waals surface area contributed by atoms with Crippen molar-refractivity contribution in [3.05, 3.63) is 39.4 Å². The summed E-state index contributed by atoms with van der Waals surface area (Å²) in [6, 6.07) is 4.29. The molecule has 0 saturated carbocycles. The molecule has 1 aromatic carbocycles. The quantitative estimate of drug-likeness (QED) is 0.680. The highest BCUT2D eigenvalue weighted by Crippen LogP contribution is 2.30. The lowest BCUT2D eigenvalue weighted by atomic mass is 10.2. The topological polar surface area (TPSA) is 118 Å². The Morgan fingerprint density at radius 2 is 2.00 bits per heavy atom. The normalized spacial score (nSPS) is 14.0. The highest BCUT2D eigenvalue weighted by molar-refractivity contribution is 7.92. The van der Waals surface area contributed by atoms with Gasteiger partial charge in [0.15, 0.2) is 5.13 Å². The first kappa shape index (κ1) is 23.3. The van der Waals surface area contributed by atoms with E-state index in [-0.39, 0.29) is 22.4 Å². The minimum atomic E-state index is -3.55.